The first-order valence-electron chi connectivity index (χ1n) is 9.53. The van der Waals surface area contributed by atoms with Gasteiger partial charge >= 0.3 is 0 Å². The highest BCUT2D eigenvalue weighted by Gasteiger charge is 2.20. The summed E-state index contributed by atoms with van der Waals surface area (Å²) in [6, 6.07) is 14.4. The number of benzene rings is 2. The summed E-state index contributed by atoms with van der Waals surface area (Å²) in [7, 11) is 0. The zero-order valence-electron chi connectivity index (χ0n) is 16.7. The first kappa shape index (κ1) is 20.4. The zero-order valence-corrected chi connectivity index (χ0v) is 17.5. The molecule has 28 heavy (non-hydrogen) atoms. The Kier molecular flexibility index (Phi) is 6.75. The Hall–Kier alpha value is -2.31. The average molecular weight is 398 g/mol. The summed E-state index contributed by atoms with van der Waals surface area (Å²) in [6.07, 6.45) is 0. The molecule has 1 aliphatic rings. The molecular weight excluding hydrogens is 370 g/mol. The highest BCUT2D eigenvalue weighted by Crippen LogP contribution is 2.29. The summed E-state index contributed by atoms with van der Waals surface area (Å²) < 4.78 is 0. The molecule has 2 amide bonds. The van der Waals surface area contributed by atoms with Gasteiger partial charge in [-0.05, 0) is 61.4 Å². The summed E-state index contributed by atoms with van der Waals surface area (Å²) in [5.74, 6) is 0.0775. The standard InChI is InChI=1S/C22H27N3O2S/c1-16-4-7-21(14-17(16)2)28-20-8-5-19(6-9-20)23-22(27)15-24-10-12-25(13-11-24)18(3)26/h4-9,14H,10-13,15H2,1-3H3,(H,23,27). The molecule has 0 aliphatic carbocycles. The van der Waals surface area contributed by atoms with Crippen molar-refractivity contribution in [2.45, 2.75) is 30.6 Å². The van der Waals surface area contributed by atoms with E-state index in [-0.39, 0.29) is 11.8 Å². The Balaban J connectivity index is 1.49. The number of hydrogen-bond donors (Lipinski definition) is 1. The van der Waals surface area contributed by atoms with Crippen LogP contribution in [0.5, 0.6) is 0 Å². The van der Waals surface area contributed by atoms with Gasteiger partial charge in [0.2, 0.25) is 11.8 Å². The van der Waals surface area contributed by atoms with Gasteiger partial charge in [0.15, 0.2) is 0 Å². The quantitative estimate of drug-likeness (QED) is 0.838. The molecule has 1 saturated heterocycles. The molecule has 6 heteroatoms. The van der Waals surface area contributed by atoms with Gasteiger partial charge < -0.3 is 10.2 Å². The summed E-state index contributed by atoms with van der Waals surface area (Å²) in [5, 5.41) is 2.96. The van der Waals surface area contributed by atoms with Crippen molar-refractivity contribution in [3.05, 3.63) is 53.6 Å². The maximum Gasteiger partial charge on any atom is 0.238 e. The van der Waals surface area contributed by atoms with E-state index in [1.807, 2.05) is 29.2 Å². The van der Waals surface area contributed by atoms with Gasteiger partial charge in [0.05, 0.1) is 6.54 Å². The first-order chi connectivity index (χ1) is 13.4. The third-order valence-corrected chi connectivity index (χ3v) is 6.03. The fourth-order valence-corrected chi connectivity index (χ4v) is 4.06. The van der Waals surface area contributed by atoms with Crippen LogP contribution in [0.4, 0.5) is 5.69 Å². The lowest BCUT2D eigenvalue weighted by Crippen LogP contribution is -2.49. The van der Waals surface area contributed by atoms with Crippen molar-refractivity contribution in [2.75, 3.05) is 38.0 Å². The molecule has 1 heterocycles. The Morgan fingerprint density at radius 1 is 0.929 bits per heavy atom. The number of nitrogens with one attached hydrogen (secondary N) is 1. The Labute approximate surface area is 171 Å². The van der Waals surface area contributed by atoms with Crippen LogP contribution >= 0.6 is 11.8 Å². The predicted molar refractivity (Wildman–Crippen MR) is 114 cm³/mol. The minimum Gasteiger partial charge on any atom is -0.340 e. The lowest BCUT2D eigenvalue weighted by atomic mass is 10.1. The van der Waals surface area contributed by atoms with Crippen molar-refractivity contribution >= 4 is 29.3 Å². The summed E-state index contributed by atoms with van der Waals surface area (Å²) in [5.41, 5.74) is 3.39. The van der Waals surface area contributed by atoms with Gasteiger partial charge in [-0.25, -0.2) is 0 Å². The number of carbonyl (C=O) groups excluding carboxylic acids is 2. The average Bonchev–Trinajstić information content (AvgIpc) is 2.67. The van der Waals surface area contributed by atoms with Crippen molar-refractivity contribution in [1.29, 1.82) is 0 Å². The van der Waals surface area contributed by atoms with Gasteiger partial charge in [0.25, 0.3) is 0 Å². The van der Waals surface area contributed by atoms with Crippen LogP contribution in [0.1, 0.15) is 18.1 Å². The molecule has 1 aliphatic heterocycles. The molecule has 2 aromatic rings. The second kappa shape index (κ2) is 9.26. The molecule has 0 bridgehead atoms. The van der Waals surface area contributed by atoms with Crippen LogP contribution in [-0.4, -0.2) is 54.3 Å². The van der Waals surface area contributed by atoms with Crippen molar-refractivity contribution in [1.82, 2.24) is 9.80 Å². The van der Waals surface area contributed by atoms with Crippen LogP contribution in [0, 0.1) is 13.8 Å². The topological polar surface area (TPSA) is 52.7 Å². The molecule has 148 valence electrons. The number of rotatable bonds is 5. The van der Waals surface area contributed by atoms with E-state index in [1.54, 1.807) is 18.7 Å². The predicted octanol–water partition coefficient (Wildman–Crippen LogP) is 3.56. The molecule has 1 N–H and O–H groups in total. The van der Waals surface area contributed by atoms with Crippen LogP contribution in [0.2, 0.25) is 0 Å². The van der Waals surface area contributed by atoms with E-state index in [4.69, 9.17) is 0 Å². The Morgan fingerprint density at radius 2 is 1.57 bits per heavy atom. The van der Waals surface area contributed by atoms with Crippen molar-refractivity contribution in [3.8, 4) is 0 Å². The normalized spacial score (nSPS) is 14.8. The van der Waals surface area contributed by atoms with E-state index >= 15 is 0 Å². The number of hydrogen-bond acceptors (Lipinski definition) is 4. The van der Waals surface area contributed by atoms with E-state index in [0.29, 0.717) is 19.6 Å². The second-order valence-electron chi connectivity index (χ2n) is 7.20. The molecule has 3 rings (SSSR count). The largest absolute Gasteiger partial charge is 0.340 e. The zero-order chi connectivity index (χ0) is 20.1. The van der Waals surface area contributed by atoms with Gasteiger partial charge in [-0.1, -0.05) is 17.8 Å². The highest BCUT2D eigenvalue weighted by atomic mass is 32.2. The molecule has 1 fully saturated rings. The van der Waals surface area contributed by atoms with Crippen molar-refractivity contribution in [2.24, 2.45) is 0 Å². The molecule has 0 saturated carbocycles. The molecule has 0 unspecified atom stereocenters. The number of nitrogens with zero attached hydrogens (tertiary/aromatic N) is 2. The highest BCUT2D eigenvalue weighted by molar-refractivity contribution is 7.99. The SMILES string of the molecule is CC(=O)N1CCN(CC(=O)Nc2ccc(Sc3ccc(C)c(C)c3)cc2)CC1. The van der Waals surface area contributed by atoms with Gasteiger partial charge in [-0.15, -0.1) is 0 Å². The summed E-state index contributed by atoms with van der Waals surface area (Å²) in [4.78, 5) is 29.9. The van der Waals surface area contributed by atoms with Gasteiger partial charge in [-0.2, -0.15) is 0 Å². The van der Waals surface area contributed by atoms with E-state index < -0.39 is 0 Å². The summed E-state index contributed by atoms with van der Waals surface area (Å²) in [6.45, 7) is 9.02. The van der Waals surface area contributed by atoms with Crippen molar-refractivity contribution < 1.29 is 9.59 Å². The van der Waals surface area contributed by atoms with Crippen LogP contribution in [0.25, 0.3) is 0 Å². The van der Waals surface area contributed by atoms with Crippen LogP contribution < -0.4 is 5.32 Å². The van der Waals surface area contributed by atoms with E-state index in [2.05, 4.69) is 42.3 Å². The minimum atomic E-state index is -0.0224. The third kappa shape index (κ3) is 5.59. The molecular formula is C22H27N3O2S. The molecule has 0 spiro atoms. The molecule has 0 radical (unpaired) electrons. The van der Waals surface area contributed by atoms with Crippen LogP contribution in [-0.2, 0) is 9.59 Å². The lowest BCUT2D eigenvalue weighted by Gasteiger charge is -2.33. The Morgan fingerprint density at radius 3 is 2.18 bits per heavy atom. The third-order valence-electron chi connectivity index (χ3n) is 5.04. The minimum absolute atomic E-state index is 0.0224. The van der Waals surface area contributed by atoms with E-state index in [9.17, 15) is 9.59 Å². The Bertz CT molecular complexity index is 843. The molecule has 0 atom stereocenters. The van der Waals surface area contributed by atoms with Crippen LogP contribution in [0.15, 0.2) is 52.3 Å². The fraction of sp³-hybridized carbons (Fsp3) is 0.364. The number of anilines is 1. The molecule has 2 aromatic carbocycles. The number of carbonyl (C=O) groups is 2. The maximum atomic E-state index is 12.3. The van der Waals surface area contributed by atoms with E-state index in [1.165, 1.54) is 16.0 Å². The van der Waals surface area contributed by atoms with Crippen LogP contribution in [0.3, 0.4) is 0 Å². The smallest absolute Gasteiger partial charge is 0.238 e. The molecule has 5 nitrogen and oxygen atoms in total. The van der Waals surface area contributed by atoms with Gasteiger partial charge in [-0.3, -0.25) is 14.5 Å². The molecule has 0 aromatic heterocycles. The number of amides is 2. The van der Waals surface area contributed by atoms with Gasteiger partial charge in [0.1, 0.15) is 0 Å². The maximum absolute atomic E-state index is 12.3. The number of aryl methyl sites for hydroxylation is 2. The monoisotopic (exact) mass is 397 g/mol. The second-order valence-corrected chi connectivity index (χ2v) is 8.35. The fourth-order valence-electron chi connectivity index (χ4n) is 3.14. The van der Waals surface area contributed by atoms with Crippen molar-refractivity contribution in [3.63, 3.8) is 0 Å². The summed E-state index contributed by atoms with van der Waals surface area (Å²) >= 11 is 1.72. The first-order valence-corrected chi connectivity index (χ1v) is 10.4. The van der Waals surface area contributed by atoms with Gasteiger partial charge in [0, 0.05) is 48.6 Å². The lowest BCUT2D eigenvalue weighted by molar-refractivity contribution is -0.130. The number of piperazine rings is 1. The van der Waals surface area contributed by atoms with E-state index in [0.717, 1.165) is 23.7 Å².